The Morgan fingerprint density at radius 2 is 2.08 bits per heavy atom. The van der Waals surface area contributed by atoms with Crippen molar-refractivity contribution in [1.82, 2.24) is 14.8 Å². The molecule has 7 heteroatoms. The molecule has 1 amide bonds. The van der Waals surface area contributed by atoms with E-state index in [0.717, 1.165) is 29.4 Å². The highest BCUT2D eigenvalue weighted by molar-refractivity contribution is 7.13. The number of halogens is 1. The first-order valence-corrected chi connectivity index (χ1v) is 8.85. The van der Waals surface area contributed by atoms with Crippen molar-refractivity contribution in [1.29, 1.82) is 0 Å². The fourth-order valence-electron chi connectivity index (χ4n) is 2.77. The quantitative estimate of drug-likeness (QED) is 0.891. The zero-order valence-electron chi connectivity index (χ0n) is 13.3. The van der Waals surface area contributed by atoms with Crippen LogP contribution in [0.15, 0.2) is 29.6 Å². The monoisotopic (exact) mass is 349 g/mol. The predicted octanol–water partition coefficient (Wildman–Crippen LogP) is 1.63. The first kappa shape index (κ1) is 17.0. The normalized spacial score (nSPS) is 15.7. The second-order valence-corrected chi connectivity index (χ2v) is 6.64. The molecular weight excluding hydrogens is 329 g/mol. The van der Waals surface area contributed by atoms with E-state index in [1.165, 1.54) is 23.5 Å². The van der Waals surface area contributed by atoms with E-state index >= 15 is 0 Å². The summed E-state index contributed by atoms with van der Waals surface area (Å²) in [7, 11) is 0. The van der Waals surface area contributed by atoms with Crippen LogP contribution in [0.1, 0.15) is 5.69 Å². The number of piperazine rings is 1. The molecule has 0 saturated carbocycles. The summed E-state index contributed by atoms with van der Waals surface area (Å²) in [5.41, 5.74) is 1.46. The van der Waals surface area contributed by atoms with E-state index in [0.29, 0.717) is 19.6 Å². The van der Waals surface area contributed by atoms with Crippen molar-refractivity contribution in [3.63, 3.8) is 0 Å². The summed E-state index contributed by atoms with van der Waals surface area (Å²) in [5, 5.41) is 11.5. The molecule has 0 spiro atoms. The van der Waals surface area contributed by atoms with Crippen LogP contribution in [0.5, 0.6) is 0 Å². The number of carbonyl (C=O) groups is 1. The van der Waals surface area contributed by atoms with E-state index in [1.54, 1.807) is 6.07 Å². The molecule has 1 saturated heterocycles. The Morgan fingerprint density at radius 1 is 1.29 bits per heavy atom. The Bertz CT molecular complexity index is 699. The number of benzene rings is 1. The SMILES string of the molecule is O=C(Cc1csc(-c2cccc(F)c2)n1)N1CCN(CCO)CC1. The summed E-state index contributed by atoms with van der Waals surface area (Å²) in [6, 6.07) is 6.32. The molecule has 0 bridgehead atoms. The molecule has 1 aromatic carbocycles. The third kappa shape index (κ3) is 4.17. The van der Waals surface area contributed by atoms with E-state index in [2.05, 4.69) is 9.88 Å². The first-order chi connectivity index (χ1) is 11.7. The molecule has 5 nitrogen and oxygen atoms in total. The zero-order chi connectivity index (χ0) is 16.9. The number of hydrogen-bond acceptors (Lipinski definition) is 5. The van der Waals surface area contributed by atoms with Gasteiger partial charge in [-0.05, 0) is 12.1 Å². The van der Waals surface area contributed by atoms with Crippen molar-refractivity contribution in [3.05, 3.63) is 41.2 Å². The highest BCUT2D eigenvalue weighted by atomic mass is 32.1. The summed E-state index contributed by atoms with van der Waals surface area (Å²) in [6.07, 6.45) is 0.270. The van der Waals surface area contributed by atoms with Gasteiger partial charge < -0.3 is 10.0 Å². The molecule has 1 N–H and O–H groups in total. The molecule has 1 aliphatic rings. The fraction of sp³-hybridized carbons (Fsp3) is 0.412. The highest BCUT2D eigenvalue weighted by Gasteiger charge is 2.21. The third-order valence-corrected chi connectivity index (χ3v) is 5.04. The van der Waals surface area contributed by atoms with E-state index in [-0.39, 0.29) is 24.8 Å². The van der Waals surface area contributed by atoms with Gasteiger partial charge in [0.2, 0.25) is 5.91 Å². The van der Waals surface area contributed by atoms with Crippen LogP contribution in [0.25, 0.3) is 10.6 Å². The number of aliphatic hydroxyl groups is 1. The molecule has 2 heterocycles. The van der Waals surface area contributed by atoms with Gasteiger partial charge in [-0.1, -0.05) is 12.1 Å². The minimum Gasteiger partial charge on any atom is -0.395 e. The van der Waals surface area contributed by atoms with Gasteiger partial charge in [-0.15, -0.1) is 11.3 Å². The molecule has 3 rings (SSSR count). The maximum atomic E-state index is 13.3. The van der Waals surface area contributed by atoms with Crippen molar-refractivity contribution in [2.24, 2.45) is 0 Å². The molecule has 1 fully saturated rings. The zero-order valence-corrected chi connectivity index (χ0v) is 14.1. The Hall–Kier alpha value is -1.83. The van der Waals surface area contributed by atoms with Gasteiger partial charge in [-0.3, -0.25) is 9.69 Å². The van der Waals surface area contributed by atoms with Crippen molar-refractivity contribution in [3.8, 4) is 10.6 Å². The largest absolute Gasteiger partial charge is 0.395 e. The molecular formula is C17H20FN3O2S. The molecule has 0 radical (unpaired) electrons. The van der Waals surface area contributed by atoms with Crippen LogP contribution in [0.3, 0.4) is 0 Å². The van der Waals surface area contributed by atoms with Gasteiger partial charge in [0.25, 0.3) is 0 Å². The van der Waals surface area contributed by atoms with Crippen LogP contribution in [-0.4, -0.2) is 65.1 Å². The number of amides is 1. The maximum Gasteiger partial charge on any atom is 0.228 e. The van der Waals surface area contributed by atoms with Crippen LogP contribution >= 0.6 is 11.3 Å². The number of aliphatic hydroxyl groups excluding tert-OH is 1. The average molecular weight is 349 g/mol. The summed E-state index contributed by atoms with van der Waals surface area (Å²) >= 11 is 1.42. The van der Waals surface area contributed by atoms with Gasteiger partial charge in [0.05, 0.1) is 18.7 Å². The lowest BCUT2D eigenvalue weighted by molar-refractivity contribution is -0.132. The second kappa shape index (κ2) is 7.83. The van der Waals surface area contributed by atoms with Crippen molar-refractivity contribution < 1.29 is 14.3 Å². The van der Waals surface area contributed by atoms with Gasteiger partial charge >= 0.3 is 0 Å². The standard InChI is InChI=1S/C17H20FN3O2S/c18-14-3-1-2-13(10-14)17-19-15(12-24-17)11-16(23)21-6-4-20(5-7-21)8-9-22/h1-3,10,12,22H,4-9,11H2. The number of rotatable bonds is 5. The molecule has 128 valence electrons. The topological polar surface area (TPSA) is 56.7 Å². The van der Waals surface area contributed by atoms with Crippen LogP contribution in [0, 0.1) is 5.82 Å². The van der Waals surface area contributed by atoms with Crippen LogP contribution in [0.4, 0.5) is 4.39 Å². The minimum atomic E-state index is -0.291. The van der Waals surface area contributed by atoms with Gasteiger partial charge in [0.15, 0.2) is 0 Å². The fourth-order valence-corrected chi connectivity index (χ4v) is 3.59. The summed E-state index contributed by atoms with van der Waals surface area (Å²) in [5.74, 6) is -0.226. The van der Waals surface area contributed by atoms with Crippen molar-refractivity contribution >= 4 is 17.2 Å². The Balaban J connectivity index is 1.58. The minimum absolute atomic E-state index is 0.0646. The van der Waals surface area contributed by atoms with E-state index in [9.17, 15) is 9.18 Å². The lowest BCUT2D eigenvalue weighted by Crippen LogP contribution is -2.49. The average Bonchev–Trinajstić information content (AvgIpc) is 3.04. The number of β-amino-alcohol motifs (C(OH)–C–C–N with tert-alkyl or cyclic N) is 1. The lowest BCUT2D eigenvalue weighted by Gasteiger charge is -2.34. The Morgan fingerprint density at radius 3 is 2.79 bits per heavy atom. The van der Waals surface area contributed by atoms with Crippen molar-refractivity contribution in [2.45, 2.75) is 6.42 Å². The van der Waals surface area contributed by atoms with Crippen LogP contribution < -0.4 is 0 Å². The summed E-state index contributed by atoms with van der Waals surface area (Å²) in [6.45, 7) is 3.75. The molecule has 0 aliphatic carbocycles. The van der Waals surface area contributed by atoms with Gasteiger partial charge in [-0.25, -0.2) is 9.37 Å². The van der Waals surface area contributed by atoms with Gasteiger partial charge in [-0.2, -0.15) is 0 Å². The number of carbonyl (C=O) groups excluding carboxylic acids is 1. The first-order valence-electron chi connectivity index (χ1n) is 7.97. The molecule has 24 heavy (non-hydrogen) atoms. The Kier molecular flexibility index (Phi) is 5.55. The highest BCUT2D eigenvalue weighted by Crippen LogP contribution is 2.24. The van der Waals surface area contributed by atoms with E-state index in [4.69, 9.17) is 5.11 Å². The van der Waals surface area contributed by atoms with E-state index < -0.39 is 0 Å². The maximum absolute atomic E-state index is 13.3. The molecule has 1 aromatic heterocycles. The lowest BCUT2D eigenvalue weighted by atomic mass is 10.2. The number of nitrogens with zero attached hydrogens (tertiary/aromatic N) is 3. The van der Waals surface area contributed by atoms with Gasteiger partial charge in [0.1, 0.15) is 10.8 Å². The predicted molar refractivity (Wildman–Crippen MR) is 91.3 cm³/mol. The Labute approximate surface area is 144 Å². The third-order valence-electron chi connectivity index (χ3n) is 4.10. The van der Waals surface area contributed by atoms with E-state index in [1.807, 2.05) is 16.3 Å². The molecule has 0 atom stereocenters. The van der Waals surface area contributed by atoms with Gasteiger partial charge in [0, 0.05) is 43.7 Å². The van der Waals surface area contributed by atoms with Crippen molar-refractivity contribution in [2.75, 3.05) is 39.3 Å². The number of aromatic nitrogens is 1. The van der Waals surface area contributed by atoms with Crippen LogP contribution in [0.2, 0.25) is 0 Å². The molecule has 2 aromatic rings. The number of thiazole rings is 1. The smallest absolute Gasteiger partial charge is 0.228 e. The molecule has 1 aliphatic heterocycles. The summed E-state index contributed by atoms with van der Waals surface area (Å²) < 4.78 is 13.3. The van der Waals surface area contributed by atoms with Crippen LogP contribution in [-0.2, 0) is 11.2 Å². The molecule has 0 unspecified atom stereocenters. The second-order valence-electron chi connectivity index (χ2n) is 5.78. The summed E-state index contributed by atoms with van der Waals surface area (Å²) in [4.78, 5) is 20.8. The number of hydrogen-bond donors (Lipinski definition) is 1.